The second-order valence-corrected chi connectivity index (χ2v) is 7.51. The highest BCUT2D eigenvalue weighted by Gasteiger charge is 2.24. The summed E-state index contributed by atoms with van der Waals surface area (Å²) in [4.78, 5) is 16.1. The minimum atomic E-state index is -0.669. The van der Waals surface area contributed by atoms with E-state index < -0.39 is 6.10 Å². The Morgan fingerprint density at radius 1 is 1.10 bits per heavy atom. The van der Waals surface area contributed by atoms with Gasteiger partial charge in [0.2, 0.25) is 0 Å². The topological polar surface area (TPSA) is 62.6 Å². The number of carbonyl (C=O) groups excluding carboxylic acids is 1. The van der Waals surface area contributed by atoms with E-state index in [4.69, 9.17) is 14.7 Å². The van der Waals surface area contributed by atoms with E-state index in [2.05, 4.69) is 6.07 Å². The summed E-state index contributed by atoms with van der Waals surface area (Å²) in [6.45, 7) is 2.65. The van der Waals surface area contributed by atoms with Crippen LogP contribution in [0.3, 0.4) is 0 Å². The van der Waals surface area contributed by atoms with Gasteiger partial charge in [0.05, 0.1) is 25.3 Å². The van der Waals surface area contributed by atoms with Gasteiger partial charge in [0.15, 0.2) is 6.10 Å². The van der Waals surface area contributed by atoms with Crippen molar-refractivity contribution in [3.05, 3.63) is 82.0 Å². The highest BCUT2D eigenvalue weighted by atomic mass is 32.1. The largest absolute Gasteiger partial charge is 0.496 e. The molecule has 1 heterocycles. The van der Waals surface area contributed by atoms with Crippen molar-refractivity contribution in [3.63, 3.8) is 0 Å². The maximum atomic E-state index is 13.2. The van der Waals surface area contributed by atoms with E-state index >= 15 is 0 Å². The van der Waals surface area contributed by atoms with E-state index in [1.165, 1.54) is 0 Å². The molecule has 0 radical (unpaired) electrons. The van der Waals surface area contributed by atoms with E-state index in [0.717, 1.165) is 16.2 Å². The third-order valence-corrected chi connectivity index (χ3v) is 5.30. The van der Waals surface area contributed by atoms with Gasteiger partial charge in [-0.05, 0) is 48.7 Å². The zero-order valence-electron chi connectivity index (χ0n) is 16.4. The molecule has 0 N–H and O–H groups in total. The molecule has 0 fully saturated rings. The Morgan fingerprint density at radius 2 is 1.86 bits per heavy atom. The summed E-state index contributed by atoms with van der Waals surface area (Å²) < 4.78 is 11.3. The van der Waals surface area contributed by atoms with E-state index in [0.29, 0.717) is 24.4 Å². The Kier molecular flexibility index (Phi) is 6.88. The van der Waals surface area contributed by atoms with Gasteiger partial charge >= 0.3 is 0 Å². The fourth-order valence-corrected chi connectivity index (χ4v) is 3.68. The minimum absolute atomic E-state index is 0.117. The van der Waals surface area contributed by atoms with Gasteiger partial charge in [-0.1, -0.05) is 24.3 Å². The van der Waals surface area contributed by atoms with Gasteiger partial charge in [0.1, 0.15) is 11.5 Å². The molecule has 0 aliphatic rings. The number of hydrogen-bond acceptors (Lipinski definition) is 5. The molecule has 1 amide bonds. The monoisotopic (exact) mass is 406 g/mol. The van der Waals surface area contributed by atoms with E-state index in [1.807, 2.05) is 41.8 Å². The molecule has 3 aromatic rings. The molecule has 5 nitrogen and oxygen atoms in total. The summed E-state index contributed by atoms with van der Waals surface area (Å²) in [7, 11) is 1.63. The van der Waals surface area contributed by atoms with Crippen molar-refractivity contribution in [2.75, 3.05) is 7.11 Å². The average molecular weight is 407 g/mol. The number of para-hydroxylation sites is 1. The van der Waals surface area contributed by atoms with Gasteiger partial charge in [-0.3, -0.25) is 4.79 Å². The lowest BCUT2D eigenvalue weighted by atomic mass is 10.1. The summed E-state index contributed by atoms with van der Waals surface area (Å²) in [5.74, 6) is 1.18. The molecule has 0 aliphatic carbocycles. The number of thiophene rings is 1. The van der Waals surface area contributed by atoms with Crippen molar-refractivity contribution in [2.45, 2.75) is 26.1 Å². The zero-order valence-corrected chi connectivity index (χ0v) is 17.2. The van der Waals surface area contributed by atoms with Crippen molar-refractivity contribution < 1.29 is 14.3 Å². The lowest BCUT2D eigenvalue weighted by Crippen LogP contribution is -2.39. The van der Waals surface area contributed by atoms with Gasteiger partial charge in [-0.25, -0.2) is 0 Å². The first-order valence-corrected chi connectivity index (χ1v) is 10.1. The number of methoxy groups -OCH3 is 1. The van der Waals surface area contributed by atoms with Crippen LogP contribution in [0.4, 0.5) is 0 Å². The van der Waals surface area contributed by atoms with Gasteiger partial charge in [0.25, 0.3) is 5.91 Å². The van der Waals surface area contributed by atoms with E-state index in [9.17, 15) is 4.79 Å². The fourth-order valence-electron chi connectivity index (χ4n) is 2.96. The highest BCUT2D eigenvalue weighted by Crippen LogP contribution is 2.23. The predicted molar refractivity (Wildman–Crippen MR) is 113 cm³/mol. The van der Waals surface area contributed by atoms with Crippen molar-refractivity contribution in [1.82, 2.24) is 4.90 Å². The van der Waals surface area contributed by atoms with Crippen LogP contribution in [0.25, 0.3) is 0 Å². The van der Waals surface area contributed by atoms with Crippen LogP contribution in [0, 0.1) is 11.3 Å². The summed E-state index contributed by atoms with van der Waals surface area (Å²) in [6, 6.07) is 20.5. The molecular formula is C23H22N2O3S. The summed E-state index contributed by atoms with van der Waals surface area (Å²) in [5, 5.41) is 10.9. The number of hydrogen-bond donors (Lipinski definition) is 0. The van der Waals surface area contributed by atoms with E-state index in [1.54, 1.807) is 54.5 Å². The molecule has 0 saturated heterocycles. The number of benzene rings is 2. The molecule has 0 bridgehead atoms. The second kappa shape index (κ2) is 9.76. The molecule has 6 heteroatoms. The maximum absolute atomic E-state index is 13.2. The van der Waals surface area contributed by atoms with Crippen LogP contribution in [0.2, 0.25) is 0 Å². The average Bonchev–Trinajstić information content (AvgIpc) is 3.26. The Morgan fingerprint density at radius 3 is 2.52 bits per heavy atom. The quantitative estimate of drug-likeness (QED) is 0.547. The second-order valence-electron chi connectivity index (χ2n) is 6.48. The van der Waals surface area contributed by atoms with Crippen molar-refractivity contribution in [3.8, 4) is 17.6 Å². The third-order valence-electron chi connectivity index (χ3n) is 4.44. The lowest BCUT2D eigenvalue weighted by Gasteiger charge is -2.26. The summed E-state index contributed by atoms with van der Waals surface area (Å²) in [6.07, 6.45) is -0.669. The Hall–Kier alpha value is -3.30. The normalized spacial score (nSPS) is 11.3. The molecule has 148 valence electrons. The van der Waals surface area contributed by atoms with Crippen LogP contribution in [0.1, 0.15) is 22.9 Å². The maximum Gasteiger partial charge on any atom is 0.263 e. The number of ether oxygens (including phenoxy) is 2. The number of amides is 1. The Bertz CT molecular complexity index is 978. The number of carbonyl (C=O) groups is 1. The zero-order chi connectivity index (χ0) is 20.6. The highest BCUT2D eigenvalue weighted by molar-refractivity contribution is 7.09. The molecule has 0 spiro atoms. The van der Waals surface area contributed by atoms with Crippen molar-refractivity contribution >= 4 is 17.2 Å². The first-order chi connectivity index (χ1) is 14.1. The third kappa shape index (κ3) is 5.37. The van der Waals surface area contributed by atoms with Gasteiger partial charge < -0.3 is 14.4 Å². The smallest absolute Gasteiger partial charge is 0.263 e. The summed E-state index contributed by atoms with van der Waals surface area (Å²) >= 11 is 1.61. The lowest BCUT2D eigenvalue weighted by molar-refractivity contribution is -0.139. The molecule has 2 aromatic carbocycles. The fraction of sp³-hybridized carbons (Fsp3) is 0.217. The van der Waals surface area contributed by atoms with Gasteiger partial charge in [0, 0.05) is 17.0 Å². The van der Waals surface area contributed by atoms with Crippen LogP contribution in [0.5, 0.6) is 11.5 Å². The first kappa shape index (κ1) is 20.4. The number of rotatable bonds is 8. The van der Waals surface area contributed by atoms with Gasteiger partial charge in [-0.2, -0.15) is 5.26 Å². The molecular weight excluding hydrogens is 384 g/mol. The molecule has 0 aliphatic heterocycles. The standard InChI is InChI=1S/C23H22N2O3S/c1-17(28-20-11-9-18(14-24)10-12-20)23(26)25(16-21-7-5-13-29-21)15-19-6-3-4-8-22(19)27-2/h3-13,17H,15-16H2,1-2H3. The van der Waals surface area contributed by atoms with Crippen molar-refractivity contribution in [2.24, 2.45) is 0 Å². The Labute approximate surface area is 174 Å². The number of nitrogens with zero attached hydrogens (tertiary/aromatic N) is 2. The molecule has 3 rings (SSSR count). The van der Waals surface area contributed by atoms with Crippen molar-refractivity contribution in [1.29, 1.82) is 5.26 Å². The molecule has 1 atom stereocenters. The van der Waals surface area contributed by atoms with Crippen LogP contribution in [-0.2, 0) is 17.9 Å². The first-order valence-electron chi connectivity index (χ1n) is 9.20. The van der Waals surface area contributed by atoms with Crippen LogP contribution in [-0.4, -0.2) is 24.0 Å². The minimum Gasteiger partial charge on any atom is -0.496 e. The SMILES string of the molecule is COc1ccccc1CN(Cc1cccs1)C(=O)C(C)Oc1ccc(C#N)cc1. The van der Waals surface area contributed by atoms with E-state index in [-0.39, 0.29) is 5.91 Å². The van der Waals surface area contributed by atoms with Gasteiger partial charge in [-0.15, -0.1) is 11.3 Å². The summed E-state index contributed by atoms with van der Waals surface area (Å²) in [5.41, 5.74) is 1.48. The van der Waals surface area contributed by atoms with Crippen LogP contribution in [0.15, 0.2) is 66.0 Å². The molecule has 1 aromatic heterocycles. The van der Waals surface area contributed by atoms with Crippen LogP contribution < -0.4 is 9.47 Å². The van der Waals surface area contributed by atoms with Crippen LogP contribution >= 0.6 is 11.3 Å². The molecule has 29 heavy (non-hydrogen) atoms. The predicted octanol–water partition coefficient (Wildman–Crippen LogP) is 4.62. The Balaban J connectivity index is 1.78. The molecule has 1 unspecified atom stereocenters. The molecule has 0 saturated carbocycles. The number of nitriles is 1.